The minimum absolute atomic E-state index is 1.08. The van der Waals surface area contributed by atoms with Crippen LogP contribution in [0.2, 0.25) is 0 Å². The molecular formula is C126H90N2. The van der Waals surface area contributed by atoms with E-state index in [4.69, 9.17) is 0 Å². The lowest BCUT2D eigenvalue weighted by Crippen LogP contribution is -2.10. The third-order valence-corrected chi connectivity index (χ3v) is 24.3. The smallest absolute Gasteiger partial charge is 0.0468 e. The SMILES string of the molecule is c1ccc(-c2ccc(-c3ccc(-c4ccc(N(c5ccc(-c6ccc(-c7ccccc7)cc6)cc5)c5ccc(-c6ccc(-c7ccccc7)cc6)cc5)cc4-c4ccccc4)cc3)cc2)cc1.c1ccc(-c2ccc(-c3ccc(N(c4ccc(-c5ccc(-c6ccccc6)cc5)cc4)c4ccc(-c5ccc(-c6ccccc6)cc5)c(-c5ccccc5)c4)cc3)cc2)cc1. The van der Waals surface area contributed by atoms with Crippen molar-refractivity contribution < 1.29 is 0 Å². The van der Waals surface area contributed by atoms with E-state index in [1.54, 1.807) is 0 Å². The lowest BCUT2D eigenvalue weighted by atomic mass is 9.92. The van der Waals surface area contributed by atoms with Crippen molar-refractivity contribution in [1.82, 2.24) is 0 Å². The van der Waals surface area contributed by atoms with Crippen LogP contribution in [0.25, 0.3) is 167 Å². The minimum atomic E-state index is 1.08. The molecule has 0 saturated heterocycles. The predicted molar refractivity (Wildman–Crippen MR) is 544 cm³/mol. The first-order valence-corrected chi connectivity index (χ1v) is 43.9. The summed E-state index contributed by atoms with van der Waals surface area (Å²) in [5, 5.41) is 0. The molecule has 0 atom stereocenters. The van der Waals surface area contributed by atoms with Crippen LogP contribution in [0.15, 0.2) is 546 Å². The van der Waals surface area contributed by atoms with Gasteiger partial charge in [0.2, 0.25) is 0 Å². The van der Waals surface area contributed by atoms with E-state index in [0.29, 0.717) is 0 Å². The van der Waals surface area contributed by atoms with Crippen molar-refractivity contribution in [1.29, 1.82) is 0 Å². The van der Waals surface area contributed by atoms with E-state index in [-0.39, 0.29) is 0 Å². The monoisotopic (exact) mass is 1630 g/mol. The summed E-state index contributed by atoms with van der Waals surface area (Å²) in [6.07, 6.45) is 0. The van der Waals surface area contributed by atoms with Crippen molar-refractivity contribution in [3.63, 3.8) is 0 Å². The molecule has 0 unspecified atom stereocenters. The highest BCUT2D eigenvalue weighted by Gasteiger charge is 2.21. The van der Waals surface area contributed by atoms with Gasteiger partial charge in [0.05, 0.1) is 0 Å². The summed E-state index contributed by atoms with van der Waals surface area (Å²) >= 11 is 0. The van der Waals surface area contributed by atoms with Crippen LogP contribution in [-0.2, 0) is 0 Å². The Labute approximate surface area is 751 Å². The number of hydrogen-bond donors (Lipinski definition) is 0. The average Bonchev–Trinajstić information content (AvgIpc) is 0.775. The fourth-order valence-electron chi connectivity index (χ4n) is 17.4. The fourth-order valence-corrected chi connectivity index (χ4v) is 17.4. The highest BCUT2D eigenvalue weighted by atomic mass is 15.1. The standard InChI is InChI=1S/C66H47N.C60H43N/c1-5-13-48(14-6-1)51-21-27-54(28-22-51)57-33-35-61(36-34-57)65-46-45-64(47-66(65)60-19-11-4-12-20-60)67(62-41-37-58(38-42-62)55-29-23-52(24-30-55)49-15-7-2-8-16-49)63-43-39-59(40-44-63)56-31-25-53(26-32-56)50-17-9-3-10-18-50;1-5-13-44(14-6-1)47-21-25-50(26-22-47)52-33-37-56(38-34-52)61(57-39-35-53(36-40-57)51-27-23-48(24-28-51)45-15-7-2-8-16-45)58-41-42-59(60(43-58)54-19-11-4-12-20-54)55-31-29-49(30-32-55)46-17-9-3-10-18-46/h1-47H;1-43H. The predicted octanol–water partition coefficient (Wildman–Crippen LogP) is 35.3. The maximum atomic E-state index is 2.38. The number of nitrogens with zero attached hydrogens (tertiary/aromatic N) is 2. The van der Waals surface area contributed by atoms with Crippen molar-refractivity contribution in [2.45, 2.75) is 0 Å². The lowest BCUT2D eigenvalue weighted by Gasteiger charge is -2.27. The van der Waals surface area contributed by atoms with Crippen LogP contribution >= 0.6 is 0 Å². The molecule has 2 nitrogen and oxygen atoms in total. The van der Waals surface area contributed by atoms with E-state index in [1.807, 2.05) is 0 Å². The molecule has 0 aliphatic carbocycles. The van der Waals surface area contributed by atoms with E-state index in [0.717, 1.165) is 34.1 Å². The van der Waals surface area contributed by atoms with Gasteiger partial charge in [0, 0.05) is 34.1 Å². The summed E-state index contributed by atoms with van der Waals surface area (Å²) in [6.45, 7) is 0. The summed E-state index contributed by atoms with van der Waals surface area (Å²) in [4.78, 5) is 4.75. The van der Waals surface area contributed by atoms with E-state index in [2.05, 4.69) is 556 Å². The quantitative estimate of drug-likeness (QED) is 0.0707. The Balaban J connectivity index is 0.000000161. The van der Waals surface area contributed by atoms with Gasteiger partial charge in [-0.1, -0.05) is 473 Å². The molecule has 21 aromatic carbocycles. The third kappa shape index (κ3) is 17.9. The molecule has 0 spiro atoms. The molecule has 2 heteroatoms. The summed E-state index contributed by atoms with van der Waals surface area (Å²) in [6, 6.07) is 197. The zero-order valence-electron chi connectivity index (χ0n) is 70.9. The molecule has 604 valence electrons. The first-order valence-electron chi connectivity index (χ1n) is 43.9. The fraction of sp³-hybridized carbons (Fsp3) is 0. The zero-order chi connectivity index (χ0) is 85.6. The van der Waals surface area contributed by atoms with Crippen LogP contribution in [0.1, 0.15) is 0 Å². The lowest BCUT2D eigenvalue weighted by molar-refractivity contribution is 1.28. The number of hydrogen-bond acceptors (Lipinski definition) is 2. The van der Waals surface area contributed by atoms with Gasteiger partial charge >= 0.3 is 0 Å². The van der Waals surface area contributed by atoms with Crippen LogP contribution in [0.5, 0.6) is 0 Å². The van der Waals surface area contributed by atoms with E-state index in [9.17, 15) is 0 Å². The van der Waals surface area contributed by atoms with Gasteiger partial charge in [-0.15, -0.1) is 0 Å². The van der Waals surface area contributed by atoms with Crippen LogP contribution < -0.4 is 9.80 Å². The van der Waals surface area contributed by atoms with Gasteiger partial charge in [0.25, 0.3) is 0 Å². The molecule has 21 aromatic rings. The molecule has 0 amide bonds. The maximum Gasteiger partial charge on any atom is 0.0468 e. The van der Waals surface area contributed by atoms with Crippen molar-refractivity contribution in [3.8, 4) is 167 Å². The molecule has 0 aliphatic heterocycles. The Morgan fingerprint density at radius 3 is 0.344 bits per heavy atom. The number of benzene rings is 21. The normalized spacial score (nSPS) is 11.0. The molecule has 0 aromatic heterocycles. The van der Waals surface area contributed by atoms with Crippen LogP contribution in [0, 0.1) is 0 Å². The maximum absolute atomic E-state index is 2.38. The first-order chi connectivity index (χ1) is 63.4. The summed E-state index contributed by atoms with van der Waals surface area (Å²) < 4.78 is 0. The molecule has 0 N–H and O–H groups in total. The molecule has 0 aliphatic rings. The average molecular weight is 1630 g/mol. The van der Waals surface area contributed by atoms with Crippen LogP contribution in [0.4, 0.5) is 34.1 Å². The number of rotatable bonds is 21. The highest BCUT2D eigenvalue weighted by Crippen LogP contribution is 2.46. The van der Waals surface area contributed by atoms with Gasteiger partial charge < -0.3 is 9.80 Å². The van der Waals surface area contributed by atoms with Crippen molar-refractivity contribution in [2.75, 3.05) is 9.80 Å². The topological polar surface area (TPSA) is 6.48 Å². The summed E-state index contributed by atoms with van der Waals surface area (Å²) in [5.41, 5.74) is 42.4. The summed E-state index contributed by atoms with van der Waals surface area (Å²) in [7, 11) is 0. The minimum Gasteiger partial charge on any atom is -0.310 e. The van der Waals surface area contributed by atoms with Crippen molar-refractivity contribution in [2.24, 2.45) is 0 Å². The molecule has 21 rings (SSSR count). The molecule has 0 fully saturated rings. The Morgan fingerprint density at radius 2 is 0.188 bits per heavy atom. The van der Waals surface area contributed by atoms with E-state index < -0.39 is 0 Å². The molecule has 0 bridgehead atoms. The second-order valence-corrected chi connectivity index (χ2v) is 32.3. The van der Waals surface area contributed by atoms with Gasteiger partial charge in [-0.2, -0.15) is 0 Å². The van der Waals surface area contributed by atoms with Crippen molar-refractivity contribution >= 4 is 34.1 Å². The molecular weight excluding hydrogens is 1540 g/mol. The van der Waals surface area contributed by atoms with E-state index >= 15 is 0 Å². The first kappa shape index (κ1) is 79.7. The second-order valence-electron chi connectivity index (χ2n) is 32.3. The van der Waals surface area contributed by atoms with Crippen molar-refractivity contribution in [3.05, 3.63) is 546 Å². The molecule has 0 saturated carbocycles. The molecule has 0 radical (unpaired) electrons. The van der Waals surface area contributed by atoms with E-state index in [1.165, 1.54) is 167 Å². The second kappa shape index (κ2) is 37.5. The Bertz CT molecular complexity index is 6950. The van der Waals surface area contributed by atoms with Gasteiger partial charge in [-0.25, -0.2) is 0 Å². The van der Waals surface area contributed by atoms with Crippen LogP contribution in [0.3, 0.4) is 0 Å². The Hall–Kier alpha value is -16.8. The molecule has 128 heavy (non-hydrogen) atoms. The zero-order valence-corrected chi connectivity index (χ0v) is 70.9. The van der Waals surface area contributed by atoms with Gasteiger partial charge in [-0.05, 0) is 240 Å². The van der Waals surface area contributed by atoms with Crippen LogP contribution in [-0.4, -0.2) is 0 Å². The Kier molecular flexibility index (Phi) is 23.4. The van der Waals surface area contributed by atoms with Gasteiger partial charge in [-0.3, -0.25) is 0 Å². The highest BCUT2D eigenvalue weighted by molar-refractivity contribution is 5.93. The van der Waals surface area contributed by atoms with Gasteiger partial charge in [0.1, 0.15) is 0 Å². The summed E-state index contributed by atoms with van der Waals surface area (Å²) in [5.74, 6) is 0. The Morgan fingerprint density at radius 1 is 0.0781 bits per heavy atom. The van der Waals surface area contributed by atoms with Gasteiger partial charge in [0.15, 0.2) is 0 Å². The molecule has 0 heterocycles. The number of anilines is 6. The third-order valence-electron chi connectivity index (χ3n) is 24.3. The largest absolute Gasteiger partial charge is 0.310 e.